The van der Waals surface area contributed by atoms with E-state index in [4.69, 9.17) is 16.0 Å². The van der Waals surface area contributed by atoms with Gasteiger partial charge in [0.25, 0.3) is 5.91 Å². The minimum atomic E-state index is -0.354. The van der Waals surface area contributed by atoms with Crippen LogP contribution in [0.5, 0.6) is 0 Å². The maximum atomic E-state index is 12.3. The number of hydrogen-bond acceptors (Lipinski definition) is 3. The summed E-state index contributed by atoms with van der Waals surface area (Å²) in [6.07, 6.45) is 0. The molecule has 0 fully saturated rings. The van der Waals surface area contributed by atoms with Crippen molar-refractivity contribution in [3.63, 3.8) is 0 Å². The molecule has 0 radical (unpaired) electrons. The molecular weight excluding hydrogens is 340 g/mol. The highest BCUT2D eigenvalue weighted by Gasteiger charge is 2.12. The molecule has 126 valence electrons. The molecule has 2 aromatic carbocycles. The summed E-state index contributed by atoms with van der Waals surface area (Å²) in [5.41, 5.74) is 2.10. The Bertz CT molecular complexity index is 899. The van der Waals surface area contributed by atoms with Crippen molar-refractivity contribution in [1.82, 2.24) is 0 Å². The number of carbonyl (C=O) groups excluding carboxylic acids is 2. The van der Waals surface area contributed by atoms with Crippen LogP contribution in [0.15, 0.2) is 65.1 Å². The minimum absolute atomic E-state index is 0.151. The largest absolute Gasteiger partial charge is 0.451 e. The summed E-state index contributed by atoms with van der Waals surface area (Å²) in [4.78, 5) is 23.3. The lowest BCUT2D eigenvalue weighted by atomic mass is 10.2. The second-order valence-corrected chi connectivity index (χ2v) is 5.82. The van der Waals surface area contributed by atoms with E-state index in [2.05, 4.69) is 10.6 Å². The van der Waals surface area contributed by atoms with Crippen molar-refractivity contribution in [3.8, 4) is 11.3 Å². The number of anilines is 2. The third kappa shape index (κ3) is 4.28. The molecule has 0 bridgehead atoms. The van der Waals surface area contributed by atoms with Crippen molar-refractivity contribution in [2.45, 2.75) is 6.92 Å². The van der Waals surface area contributed by atoms with E-state index in [1.54, 1.807) is 48.5 Å². The molecule has 0 aliphatic heterocycles. The predicted octanol–water partition coefficient (Wildman–Crippen LogP) is 4.81. The van der Waals surface area contributed by atoms with E-state index in [1.165, 1.54) is 6.92 Å². The van der Waals surface area contributed by atoms with Gasteiger partial charge in [-0.2, -0.15) is 0 Å². The minimum Gasteiger partial charge on any atom is -0.451 e. The molecule has 6 heteroatoms. The first-order chi connectivity index (χ1) is 12.0. The second kappa shape index (κ2) is 7.23. The van der Waals surface area contributed by atoms with E-state index in [1.807, 2.05) is 12.1 Å². The fourth-order valence-corrected chi connectivity index (χ4v) is 2.39. The van der Waals surface area contributed by atoms with Crippen molar-refractivity contribution in [3.05, 3.63) is 71.4 Å². The van der Waals surface area contributed by atoms with Crippen molar-refractivity contribution < 1.29 is 14.0 Å². The number of hydrogen-bond donors (Lipinski definition) is 2. The molecule has 2 amide bonds. The molecule has 0 spiro atoms. The van der Waals surface area contributed by atoms with Crippen molar-refractivity contribution in [1.29, 1.82) is 0 Å². The van der Waals surface area contributed by atoms with Crippen LogP contribution in [0.1, 0.15) is 17.5 Å². The number of rotatable bonds is 4. The Kier molecular flexibility index (Phi) is 4.86. The topological polar surface area (TPSA) is 71.3 Å². The van der Waals surface area contributed by atoms with Gasteiger partial charge >= 0.3 is 0 Å². The zero-order valence-corrected chi connectivity index (χ0v) is 14.1. The van der Waals surface area contributed by atoms with Crippen molar-refractivity contribution in [2.75, 3.05) is 10.6 Å². The van der Waals surface area contributed by atoms with Crippen LogP contribution in [0.3, 0.4) is 0 Å². The summed E-state index contributed by atoms with van der Waals surface area (Å²) in [6, 6.07) is 17.3. The maximum Gasteiger partial charge on any atom is 0.291 e. The fraction of sp³-hybridized carbons (Fsp3) is 0.0526. The Hall–Kier alpha value is -3.05. The van der Waals surface area contributed by atoms with Crippen LogP contribution in [-0.2, 0) is 4.79 Å². The van der Waals surface area contributed by atoms with Crippen LogP contribution in [0, 0.1) is 0 Å². The van der Waals surface area contributed by atoms with Crippen molar-refractivity contribution in [2.24, 2.45) is 0 Å². The van der Waals surface area contributed by atoms with Gasteiger partial charge in [-0.15, -0.1) is 0 Å². The lowest BCUT2D eigenvalue weighted by molar-refractivity contribution is -0.114. The van der Waals surface area contributed by atoms with E-state index in [9.17, 15) is 9.59 Å². The molecule has 5 nitrogen and oxygen atoms in total. The number of carbonyl (C=O) groups is 2. The third-order valence-corrected chi connectivity index (χ3v) is 3.67. The third-order valence-electron chi connectivity index (χ3n) is 3.42. The fourth-order valence-electron chi connectivity index (χ4n) is 2.26. The molecule has 3 aromatic rings. The van der Waals surface area contributed by atoms with Gasteiger partial charge in [0, 0.05) is 28.9 Å². The molecule has 0 aliphatic rings. The summed E-state index contributed by atoms with van der Waals surface area (Å²) in [5, 5.41) is 6.04. The molecule has 2 N–H and O–H groups in total. The number of halogens is 1. The molecule has 0 atom stereocenters. The van der Waals surface area contributed by atoms with Gasteiger partial charge in [0.15, 0.2) is 5.76 Å². The molecule has 1 aromatic heterocycles. The van der Waals surface area contributed by atoms with E-state index < -0.39 is 0 Å². The Morgan fingerprint density at radius 1 is 0.840 bits per heavy atom. The normalized spacial score (nSPS) is 10.3. The monoisotopic (exact) mass is 354 g/mol. The number of nitrogens with one attached hydrogen (secondary N) is 2. The van der Waals surface area contributed by atoms with Gasteiger partial charge in [-0.1, -0.05) is 11.6 Å². The van der Waals surface area contributed by atoms with Gasteiger partial charge in [0.1, 0.15) is 5.76 Å². The van der Waals surface area contributed by atoms with Gasteiger partial charge in [0.2, 0.25) is 5.91 Å². The molecule has 0 aliphatic carbocycles. The quantitative estimate of drug-likeness (QED) is 0.706. The van der Waals surface area contributed by atoms with Gasteiger partial charge < -0.3 is 15.1 Å². The number of furan rings is 1. The molecular formula is C19H15ClN2O3. The summed E-state index contributed by atoms with van der Waals surface area (Å²) in [7, 11) is 0. The Morgan fingerprint density at radius 2 is 1.44 bits per heavy atom. The second-order valence-electron chi connectivity index (χ2n) is 5.38. The molecule has 1 heterocycles. The molecule has 3 rings (SSSR count). The summed E-state index contributed by atoms with van der Waals surface area (Å²) in [6.45, 7) is 1.44. The highest BCUT2D eigenvalue weighted by molar-refractivity contribution is 6.30. The van der Waals surface area contributed by atoms with Crippen LogP contribution >= 0.6 is 11.6 Å². The first-order valence-corrected chi connectivity index (χ1v) is 7.94. The average molecular weight is 355 g/mol. The zero-order chi connectivity index (χ0) is 17.8. The first-order valence-electron chi connectivity index (χ1n) is 7.56. The van der Waals surface area contributed by atoms with Crippen molar-refractivity contribution >= 4 is 34.8 Å². The standard InChI is InChI=1S/C19H15ClN2O3/c1-12(23)21-15-6-8-16(9-7-15)22-19(24)18-11-10-17(25-18)13-2-4-14(20)5-3-13/h2-11H,1H3,(H,21,23)(H,22,24). The molecule has 25 heavy (non-hydrogen) atoms. The lowest BCUT2D eigenvalue weighted by Crippen LogP contribution is -2.11. The Labute approximate surface area is 149 Å². The Balaban J connectivity index is 1.69. The van der Waals surface area contributed by atoms with E-state index in [0.29, 0.717) is 22.2 Å². The van der Waals surface area contributed by atoms with Gasteiger partial charge in [-0.05, 0) is 60.7 Å². The zero-order valence-electron chi connectivity index (χ0n) is 13.4. The van der Waals surface area contributed by atoms with E-state index in [0.717, 1.165) is 5.56 Å². The van der Waals surface area contributed by atoms with Crippen LogP contribution in [0.2, 0.25) is 5.02 Å². The number of amides is 2. The van der Waals surface area contributed by atoms with Gasteiger partial charge in [-0.3, -0.25) is 9.59 Å². The molecule has 0 saturated carbocycles. The SMILES string of the molecule is CC(=O)Nc1ccc(NC(=O)c2ccc(-c3ccc(Cl)cc3)o2)cc1. The molecule has 0 saturated heterocycles. The highest BCUT2D eigenvalue weighted by Crippen LogP contribution is 2.24. The van der Waals surface area contributed by atoms with Gasteiger partial charge in [-0.25, -0.2) is 0 Å². The average Bonchev–Trinajstić information content (AvgIpc) is 3.07. The molecule has 0 unspecified atom stereocenters. The maximum absolute atomic E-state index is 12.3. The van der Waals surface area contributed by atoms with E-state index >= 15 is 0 Å². The van der Waals surface area contributed by atoms with E-state index in [-0.39, 0.29) is 17.6 Å². The highest BCUT2D eigenvalue weighted by atomic mass is 35.5. The van der Waals surface area contributed by atoms with Crippen LogP contribution < -0.4 is 10.6 Å². The van der Waals surface area contributed by atoms with Crippen LogP contribution in [0.25, 0.3) is 11.3 Å². The Morgan fingerprint density at radius 3 is 2.04 bits per heavy atom. The summed E-state index contributed by atoms with van der Waals surface area (Å²) in [5.74, 6) is 0.285. The van der Waals surface area contributed by atoms with Crippen LogP contribution in [-0.4, -0.2) is 11.8 Å². The lowest BCUT2D eigenvalue weighted by Gasteiger charge is -2.05. The summed E-state index contributed by atoms with van der Waals surface area (Å²) >= 11 is 5.87. The smallest absolute Gasteiger partial charge is 0.291 e. The van der Waals surface area contributed by atoms with Crippen LogP contribution in [0.4, 0.5) is 11.4 Å². The predicted molar refractivity (Wildman–Crippen MR) is 97.9 cm³/mol. The summed E-state index contributed by atoms with van der Waals surface area (Å²) < 4.78 is 5.61. The van der Waals surface area contributed by atoms with Gasteiger partial charge in [0.05, 0.1) is 0 Å². The number of benzene rings is 2. The first kappa shape index (κ1) is 16.8.